The fraction of sp³-hybridized carbons (Fsp3) is 0. The molecule has 3 heterocycles. The van der Waals surface area contributed by atoms with Crippen LogP contribution in [0.5, 0.6) is 0 Å². The summed E-state index contributed by atoms with van der Waals surface area (Å²) in [5.74, 6) is 0. The topological polar surface area (TPSA) is 11.4 Å². The van der Waals surface area contributed by atoms with Crippen molar-refractivity contribution in [3.05, 3.63) is 364 Å². The highest BCUT2D eigenvalue weighted by Crippen LogP contribution is 2.55. The highest BCUT2D eigenvalue weighted by molar-refractivity contribution is 7.00. The first-order valence-electron chi connectivity index (χ1n) is 33.3. The highest BCUT2D eigenvalue weighted by Gasteiger charge is 2.46. The van der Waals surface area contributed by atoms with Gasteiger partial charge in [0.25, 0.3) is 6.71 Å². The summed E-state index contributed by atoms with van der Waals surface area (Å²) in [4.78, 5) is 5.37. The predicted octanol–water partition coefficient (Wildman–Crippen LogP) is 22.8. The second kappa shape index (κ2) is 22.7. The molecule has 17 aromatic rings. The average molecular weight is 1220 g/mol. The Kier molecular flexibility index (Phi) is 13.0. The van der Waals surface area contributed by atoms with E-state index in [9.17, 15) is 0 Å². The van der Waals surface area contributed by atoms with Crippen LogP contribution >= 0.6 is 0 Å². The van der Waals surface area contributed by atoms with Gasteiger partial charge in [-0.05, 0) is 130 Å². The van der Waals surface area contributed by atoms with Gasteiger partial charge < -0.3 is 14.4 Å². The lowest BCUT2D eigenvalue weighted by Crippen LogP contribution is -2.61. The Balaban J connectivity index is 1.01. The summed E-state index contributed by atoms with van der Waals surface area (Å²) in [6.45, 7) is -0.236. The Labute approximate surface area is 559 Å². The molecule has 0 amide bonds. The van der Waals surface area contributed by atoms with E-state index in [1.54, 1.807) is 0 Å². The number of rotatable bonds is 10. The van der Waals surface area contributed by atoms with Crippen molar-refractivity contribution < 1.29 is 0 Å². The minimum absolute atomic E-state index is 0.236. The molecule has 0 bridgehead atoms. The zero-order valence-corrected chi connectivity index (χ0v) is 52.6. The molecular formula is C92H60BN3. The van der Waals surface area contributed by atoms with Crippen LogP contribution in [0.1, 0.15) is 0 Å². The summed E-state index contributed by atoms with van der Waals surface area (Å²) in [5.41, 5.74) is 29.9. The molecule has 96 heavy (non-hydrogen) atoms. The highest BCUT2D eigenvalue weighted by atomic mass is 15.2. The Bertz CT molecular complexity index is 5660. The van der Waals surface area contributed by atoms with Crippen LogP contribution in [0.4, 0.5) is 34.1 Å². The Morgan fingerprint density at radius 3 is 0.917 bits per heavy atom. The Morgan fingerprint density at radius 2 is 0.521 bits per heavy atom. The van der Waals surface area contributed by atoms with E-state index < -0.39 is 0 Å². The lowest BCUT2D eigenvalue weighted by atomic mass is 9.33. The summed E-state index contributed by atoms with van der Waals surface area (Å²) >= 11 is 0. The molecule has 2 aliphatic rings. The van der Waals surface area contributed by atoms with E-state index in [-0.39, 0.29) is 6.71 Å². The maximum atomic E-state index is 2.70. The van der Waals surface area contributed by atoms with Crippen molar-refractivity contribution in [2.75, 3.05) is 9.80 Å². The molecule has 1 aromatic heterocycles. The zero-order valence-electron chi connectivity index (χ0n) is 52.6. The van der Waals surface area contributed by atoms with Crippen LogP contribution in [-0.2, 0) is 0 Å². The van der Waals surface area contributed by atoms with Crippen LogP contribution in [0.2, 0.25) is 0 Å². The minimum Gasteiger partial charge on any atom is -0.310 e. The van der Waals surface area contributed by atoms with Gasteiger partial charge in [0.2, 0.25) is 0 Å². The number of benzene rings is 16. The second-order valence-corrected chi connectivity index (χ2v) is 25.4. The molecule has 0 saturated heterocycles. The summed E-state index contributed by atoms with van der Waals surface area (Å²) in [6.07, 6.45) is 0. The molecule has 0 fully saturated rings. The van der Waals surface area contributed by atoms with Crippen LogP contribution in [0, 0.1) is 0 Å². The van der Waals surface area contributed by atoms with E-state index in [2.05, 4.69) is 378 Å². The molecule has 4 heteroatoms. The molecular weight excluding hydrogens is 1160 g/mol. The van der Waals surface area contributed by atoms with Crippen LogP contribution in [-0.4, -0.2) is 11.3 Å². The fourth-order valence-electron chi connectivity index (χ4n) is 16.1. The molecule has 0 atom stereocenters. The second-order valence-electron chi connectivity index (χ2n) is 25.4. The molecule has 0 saturated carbocycles. The van der Waals surface area contributed by atoms with E-state index in [1.165, 1.54) is 65.4 Å². The largest absolute Gasteiger partial charge is 0.310 e. The van der Waals surface area contributed by atoms with Gasteiger partial charge in [-0.1, -0.05) is 328 Å². The number of nitrogens with zero attached hydrogens (tertiary/aromatic N) is 3. The van der Waals surface area contributed by atoms with E-state index in [1.807, 2.05) is 0 Å². The number of aromatic nitrogens is 1. The molecule has 16 aromatic carbocycles. The number of hydrogen-bond acceptors (Lipinski definition) is 2. The van der Waals surface area contributed by atoms with Gasteiger partial charge in [0.05, 0.1) is 28.1 Å². The molecule has 0 N–H and O–H groups in total. The lowest BCUT2D eigenvalue weighted by molar-refractivity contribution is 1.16. The van der Waals surface area contributed by atoms with Crippen molar-refractivity contribution >= 4 is 101 Å². The maximum absolute atomic E-state index is 2.70. The summed E-state index contributed by atoms with van der Waals surface area (Å²) < 4.78 is 2.53. The van der Waals surface area contributed by atoms with E-state index in [0.717, 1.165) is 112 Å². The van der Waals surface area contributed by atoms with Crippen molar-refractivity contribution in [1.82, 2.24) is 4.57 Å². The molecule has 0 spiro atoms. The quantitative estimate of drug-likeness (QED) is 0.0999. The average Bonchev–Trinajstić information content (AvgIpc) is 0.791. The Hall–Kier alpha value is -12.5. The van der Waals surface area contributed by atoms with Crippen molar-refractivity contribution in [3.63, 3.8) is 0 Å². The Morgan fingerprint density at radius 1 is 0.208 bits per heavy atom. The summed E-state index contributed by atoms with van der Waals surface area (Å²) in [5, 5.41) is 7.28. The fourth-order valence-corrected chi connectivity index (χ4v) is 16.1. The van der Waals surface area contributed by atoms with E-state index in [4.69, 9.17) is 0 Å². The van der Waals surface area contributed by atoms with Gasteiger partial charge in [0.1, 0.15) is 0 Å². The normalized spacial score (nSPS) is 12.3. The van der Waals surface area contributed by atoms with Gasteiger partial charge in [0.15, 0.2) is 0 Å². The van der Waals surface area contributed by atoms with Crippen LogP contribution in [0.3, 0.4) is 0 Å². The number of anilines is 6. The SMILES string of the molecule is c1ccc(-c2ccc3c(c2)N(c2c(-c4ccccc4)cccc2-c2ccccc2)c2cc(-n4c5ccccc5c5ccccc54)cc4c2B3c2ccc(-c3c5ccccc5c(-c5ccccc5)c5ccccc35)cc2N4c2c(-c3ccccc3)cccc2-c2ccccc2)cc1. The third kappa shape index (κ3) is 8.76. The molecule has 19 rings (SSSR count). The van der Waals surface area contributed by atoms with Crippen LogP contribution in [0.15, 0.2) is 364 Å². The van der Waals surface area contributed by atoms with Crippen molar-refractivity contribution in [3.8, 4) is 83.6 Å². The monoisotopic (exact) mass is 1220 g/mol. The summed E-state index contributed by atoms with van der Waals surface area (Å²) in [6, 6.07) is 136. The third-order valence-corrected chi connectivity index (χ3v) is 20.1. The van der Waals surface area contributed by atoms with Gasteiger partial charge in [-0.3, -0.25) is 0 Å². The summed E-state index contributed by atoms with van der Waals surface area (Å²) in [7, 11) is 0. The first kappa shape index (κ1) is 55.2. The van der Waals surface area contributed by atoms with Gasteiger partial charge in [-0.2, -0.15) is 0 Å². The van der Waals surface area contributed by atoms with Crippen molar-refractivity contribution in [1.29, 1.82) is 0 Å². The van der Waals surface area contributed by atoms with Gasteiger partial charge >= 0.3 is 0 Å². The van der Waals surface area contributed by atoms with Crippen molar-refractivity contribution in [2.45, 2.75) is 0 Å². The van der Waals surface area contributed by atoms with E-state index >= 15 is 0 Å². The number of hydrogen-bond donors (Lipinski definition) is 0. The third-order valence-electron chi connectivity index (χ3n) is 20.1. The molecule has 0 radical (unpaired) electrons. The van der Waals surface area contributed by atoms with Crippen LogP contribution < -0.4 is 26.2 Å². The molecule has 3 nitrogen and oxygen atoms in total. The molecule has 0 aliphatic carbocycles. The smallest absolute Gasteiger partial charge is 0.252 e. The van der Waals surface area contributed by atoms with E-state index in [0.29, 0.717) is 0 Å². The van der Waals surface area contributed by atoms with Gasteiger partial charge in [-0.25, -0.2) is 0 Å². The number of para-hydroxylation sites is 4. The van der Waals surface area contributed by atoms with Crippen molar-refractivity contribution in [2.24, 2.45) is 0 Å². The first-order chi connectivity index (χ1) is 47.7. The molecule has 446 valence electrons. The van der Waals surface area contributed by atoms with Gasteiger partial charge in [-0.15, -0.1) is 0 Å². The minimum atomic E-state index is -0.236. The predicted molar refractivity (Wildman–Crippen MR) is 408 cm³/mol. The molecule has 2 aliphatic heterocycles. The molecule has 0 unspecified atom stereocenters. The standard InChI is InChI=1S/C92H60BN3/c1-7-29-61(30-8-1)67-53-55-80-84(57-67)95(91-70(62-31-9-2-10-32-62)47-27-48-71(91)63-33-11-3-12-34-63)86-59-69(94-82-51-25-23-41-74(82)75-42-24-26-52-83(75)94)60-87-90(86)93(80)81-56-54-68(89-78-45-21-19-43-76(78)88(66-39-17-6-18-40-66)77-44-20-22-46-79(77)89)58-85(81)96(87)92-72(64-35-13-4-14-36-64)49-28-50-73(92)65-37-15-5-16-38-65/h1-60H. The first-order valence-corrected chi connectivity index (χ1v) is 33.3. The van der Waals surface area contributed by atoms with Crippen LogP contribution in [0.25, 0.3) is 127 Å². The van der Waals surface area contributed by atoms with Gasteiger partial charge in [0, 0.05) is 55.8 Å². The number of fused-ring (bicyclic) bond motifs is 9. The maximum Gasteiger partial charge on any atom is 0.252 e. The zero-order chi connectivity index (χ0) is 63.2. The lowest BCUT2D eigenvalue weighted by Gasteiger charge is -2.46.